The van der Waals surface area contributed by atoms with Crippen LogP contribution in [-0.2, 0) is 6.42 Å². The molecule has 0 aliphatic heterocycles. The summed E-state index contributed by atoms with van der Waals surface area (Å²) in [6.45, 7) is 1.74. The molecule has 1 atom stereocenters. The van der Waals surface area contributed by atoms with Crippen molar-refractivity contribution in [3.8, 4) is 5.75 Å². The van der Waals surface area contributed by atoms with Gasteiger partial charge in [0.15, 0.2) is 11.6 Å². The lowest BCUT2D eigenvalue weighted by atomic mass is 10.0. The Morgan fingerprint density at radius 1 is 1.35 bits per heavy atom. The highest BCUT2D eigenvalue weighted by Gasteiger charge is 2.27. The fourth-order valence-electron chi connectivity index (χ4n) is 1.54. The van der Waals surface area contributed by atoms with E-state index in [1.165, 1.54) is 12.1 Å². The fourth-order valence-corrected chi connectivity index (χ4v) is 1.94. The molecule has 0 saturated carbocycles. The van der Waals surface area contributed by atoms with E-state index in [-0.39, 0.29) is 35.9 Å². The van der Waals surface area contributed by atoms with E-state index in [1.807, 2.05) is 6.92 Å². The molecule has 0 aliphatic rings. The number of thioether (sulfide) groups is 1. The summed E-state index contributed by atoms with van der Waals surface area (Å²) < 4.78 is 54.3. The minimum Gasteiger partial charge on any atom is -0.490 e. The van der Waals surface area contributed by atoms with Gasteiger partial charge < -0.3 is 10.5 Å². The normalized spacial score (nSPS) is 13.3. The molecule has 0 amide bonds. The highest BCUT2D eigenvalue weighted by Crippen LogP contribution is 2.30. The van der Waals surface area contributed by atoms with Crippen LogP contribution in [0.5, 0.6) is 5.75 Å². The van der Waals surface area contributed by atoms with Gasteiger partial charge in [0.05, 0.1) is 6.61 Å². The zero-order valence-electron chi connectivity index (χ0n) is 11.0. The summed E-state index contributed by atoms with van der Waals surface area (Å²) in [5.41, 5.74) is 2.22. The lowest BCUT2D eigenvalue weighted by Crippen LogP contribution is -2.21. The van der Waals surface area contributed by atoms with Gasteiger partial charge in [-0.2, -0.15) is 13.2 Å². The summed E-state index contributed by atoms with van der Waals surface area (Å²) in [5, 5.41) is 0. The van der Waals surface area contributed by atoms with Crippen molar-refractivity contribution in [2.45, 2.75) is 31.3 Å². The van der Waals surface area contributed by atoms with Crippen molar-refractivity contribution in [3.63, 3.8) is 0 Å². The first-order valence-corrected chi connectivity index (χ1v) is 7.18. The first kappa shape index (κ1) is 17.1. The summed E-state index contributed by atoms with van der Waals surface area (Å²) in [4.78, 5) is 0. The van der Waals surface area contributed by atoms with Gasteiger partial charge in [0.2, 0.25) is 0 Å². The van der Waals surface area contributed by atoms with Gasteiger partial charge in [0.25, 0.3) is 0 Å². The van der Waals surface area contributed by atoms with Crippen molar-refractivity contribution < 1.29 is 22.3 Å². The van der Waals surface area contributed by atoms with Crippen molar-refractivity contribution in [1.29, 1.82) is 0 Å². The molecule has 1 rings (SSSR count). The van der Waals surface area contributed by atoms with Gasteiger partial charge in [-0.3, -0.25) is 0 Å². The zero-order chi connectivity index (χ0) is 15.2. The van der Waals surface area contributed by atoms with Crippen LogP contribution in [0.3, 0.4) is 0 Å². The monoisotopic (exact) mass is 311 g/mol. The third kappa shape index (κ3) is 6.47. The maximum Gasteiger partial charge on any atom is 0.441 e. The van der Waals surface area contributed by atoms with Crippen molar-refractivity contribution in [3.05, 3.63) is 29.6 Å². The second-order valence-corrected chi connectivity index (χ2v) is 5.44. The Bertz CT molecular complexity index is 425. The fraction of sp³-hybridized carbons (Fsp3) is 0.538. The minimum absolute atomic E-state index is 0.0376. The van der Waals surface area contributed by atoms with Crippen LogP contribution in [0.1, 0.15) is 18.9 Å². The van der Waals surface area contributed by atoms with Gasteiger partial charge in [-0.25, -0.2) is 4.39 Å². The summed E-state index contributed by atoms with van der Waals surface area (Å²) in [7, 11) is 0. The molecule has 7 heteroatoms. The number of ether oxygens (including phenoxy) is 1. The molecular formula is C13H17F4NOS. The summed E-state index contributed by atoms with van der Waals surface area (Å²) in [6, 6.07) is 4.36. The summed E-state index contributed by atoms with van der Waals surface area (Å²) >= 11 is -0.191. The van der Waals surface area contributed by atoms with E-state index in [4.69, 9.17) is 10.5 Å². The molecule has 0 saturated heterocycles. The maximum absolute atomic E-state index is 13.7. The summed E-state index contributed by atoms with van der Waals surface area (Å²) in [5.74, 6) is -0.893. The average molecular weight is 311 g/mol. The van der Waals surface area contributed by atoms with E-state index < -0.39 is 11.3 Å². The van der Waals surface area contributed by atoms with Crippen LogP contribution < -0.4 is 10.5 Å². The number of nitrogens with two attached hydrogens (primary N) is 1. The third-order valence-corrected chi connectivity index (χ3v) is 3.32. The number of halogens is 4. The average Bonchev–Trinajstić information content (AvgIpc) is 2.35. The van der Waals surface area contributed by atoms with Gasteiger partial charge >= 0.3 is 5.51 Å². The molecule has 20 heavy (non-hydrogen) atoms. The van der Waals surface area contributed by atoms with E-state index in [2.05, 4.69) is 0 Å². The Hall–Kier alpha value is -0.950. The number of benzene rings is 1. The molecule has 0 fully saturated rings. The number of alkyl halides is 3. The smallest absolute Gasteiger partial charge is 0.441 e. The molecule has 0 radical (unpaired) electrons. The SMILES string of the molecule is CCC(N)Cc1ccc(OCCSC(F)(F)F)c(F)c1. The molecule has 0 aliphatic carbocycles. The van der Waals surface area contributed by atoms with E-state index >= 15 is 0 Å². The van der Waals surface area contributed by atoms with Crippen LogP contribution in [0.25, 0.3) is 0 Å². The van der Waals surface area contributed by atoms with E-state index in [1.54, 1.807) is 6.07 Å². The molecule has 114 valence electrons. The van der Waals surface area contributed by atoms with E-state index in [0.717, 1.165) is 12.0 Å². The Morgan fingerprint density at radius 2 is 2.05 bits per heavy atom. The van der Waals surface area contributed by atoms with Crippen LogP contribution >= 0.6 is 11.8 Å². The third-order valence-electron chi connectivity index (χ3n) is 2.63. The molecule has 1 aromatic rings. The van der Waals surface area contributed by atoms with E-state index in [0.29, 0.717) is 6.42 Å². The van der Waals surface area contributed by atoms with Crippen LogP contribution in [0.2, 0.25) is 0 Å². The van der Waals surface area contributed by atoms with Crippen LogP contribution in [0.15, 0.2) is 18.2 Å². The van der Waals surface area contributed by atoms with Crippen LogP contribution in [0, 0.1) is 5.82 Å². The molecule has 2 nitrogen and oxygen atoms in total. The molecular weight excluding hydrogens is 294 g/mol. The quantitative estimate of drug-likeness (QED) is 0.615. The number of hydrogen-bond acceptors (Lipinski definition) is 3. The van der Waals surface area contributed by atoms with Gasteiger partial charge in [-0.1, -0.05) is 13.0 Å². The molecule has 0 bridgehead atoms. The highest BCUT2D eigenvalue weighted by atomic mass is 32.2. The lowest BCUT2D eigenvalue weighted by molar-refractivity contribution is -0.0329. The van der Waals surface area contributed by atoms with Gasteiger partial charge in [-0.05, 0) is 42.3 Å². The van der Waals surface area contributed by atoms with Gasteiger partial charge in [0.1, 0.15) is 0 Å². The molecule has 1 aromatic carbocycles. The van der Waals surface area contributed by atoms with Crippen molar-refractivity contribution in [2.75, 3.05) is 12.4 Å². The molecule has 1 unspecified atom stereocenters. The highest BCUT2D eigenvalue weighted by molar-refractivity contribution is 8.00. The Kier molecular flexibility index (Phi) is 6.61. The van der Waals surface area contributed by atoms with E-state index in [9.17, 15) is 17.6 Å². The Balaban J connectivity index is 2.47. The predicted octanol–water partition coefficient (Wildman–Crippen LogP) is 3.74. The van der Waals surface area contributed by atoms with Crippen molar-refractivity contribution in [2.24, 2.45) is 5.73 Å². The predicted molar refractivity (Wildman–Crippen MR) is 72.4 cm³/mol. The van der Waals surface area contributed by atoms with Crippen LogP contribution in [0.4, 0.5) is 17.6 Å². The number of rotatable bonds is 7. The lowest BCUT2D eigenvalue weighted by Gasteiger charge is -2.11. The first-order chi connectivity index (χ1) is 9.31. The zero-order valence-corrected chi connectivity index (χ0v) is 11.9. The largest absolute Gasteiger partial charge is 0.490 e. The summed E-state index contributed by atoms with van der Waals surface area (Å²) in [6.07, 6.45) is 1.34. The van der Waals surface area contributed by atoms with Gasteiger partial charge in [-0.15, -0.1) is 0 Å². The minimum atomic E-state index is -4.29. The number of hydrogen-bond donors (Lipinski definition) is 1. The van der Waals surface area contributed by atoms with Crippen LogP contribution in [-0.4, -0.2) is 23.9 Å². The second-order valence-electron chi connectivity index (χ2n) is 4.28. The Morgan fingerprint density at radius 3 is 2.60 bits per heavy atom. The molecule has 2 N–H and O–H groups in total. The topological polar surface area (TPSA) is 35.2 Å². The molecule has 0 spiro atoms. The second kappa shape index (κ2) is 7.73. The molecule has 0 aromatic heterocycles. The van der Waals surface area contributed by atoms with Gasteiger partial charge in [0, 0.05) is 11.8 Å². The standard InChI is InChI=1S/C13H17F4NOS/c1-2-10(18)7-9-3-4-12(11(14)8-9)19-5-6-20-13(15,16)17/h3-4,8,10H,2,5-7,18H2,1H3. The maximum atomic E-state index is 13.7. The molecule has 0 heterocycles. The van der Waals surface area contributed by atoms with Crippen molar-refractivity contribution >= 4 is 11.8 Å². The van der Waals surface area contributed by atoms with Crippen molar-refractivity contribution in [1.82, 2.24) is 0 Å². The Labute approximate surface area is 119 Å². The first-order valence-electron chi connectivity index (χ1n) is 6.19.